The van der Waals surface area contributed by atoms with E-state index in [0.717, 1.165) is 23.1 Å². The van der Waals surface area contributed by atoms with E-state index in [2.05, 4.69) is 22.4 Å². The van der Waals surface area contributed by atoms with E-state index in [1.165, 1.54) is 23.5 Å². The van der Waals surface area contributed by atoms with Crippen molar-refractivity contribution in [3.8, 4) is 5.75 Å². The SMILES string of the molecule is CCCNc1nnc(COc2cccc(F)c2)s1. The lowest BCUT2D eigenvalue weighted by molar-refractivity contribution is 0.303. The van der Waals surface area contributed by atoms with Gasteiger partial charge in [0.1, 0.15) is 18.2 Å². The van der Waals surface area contributed by atoms with Crippen LogP contribution in [0.4, 0.5) is 9.52 Å². The molecular formula is C12H14FN3OS. The van der Waals surface area contributed by atoms with Gasteiger partial charge >= 0.3 is 0 Å². The topological polar surface area (TPSA) is 47.0 Å². The van der Waals surface area contributed by atoms with Gasteiger partial charge in [0, 0.05) is 12.6 Å². The number of halogens is 1. The summed E-state index contributed by atoms with van der Waals surface area (Å²) in [6.07, 6.45) is 1.04. The standard InChI is InChI=1S/C12H14FN3OS/c1-2-6-14-12-16-15-11(18-12)8-17-10-5-3-4-9(13)7-10/h3-5,7H,2,6,8H2,1H3,(H,14,16). The zero-order chi connectivity index (χ0) is 12.8. The molecule has 0 radical (unpaired) electrons. The first-order valence-electron chi connectivity index (χ1n) is 5.72. The molecule has 1 heterocycles. The van der Waals surface area contributed by atoms with Gasteiger partial charge in [0.05, 0.1) is 0 Å². The minimum Gasteiger partial charge on any atom is -0.486 e. The minimum atomic E-state index is -0.310. The number of nitrogens with zero attached hydrogens (tertiary/aromatic N) is 2. The van der Waals surface area contributed by atoms with Crippen LogP contribution < -0.4 is 10.1 Å². The predicted octanol–water partition coefficient (Wildman–Crippen LogP) is 3.08. The maximum atomic E-state index is 12.9. The fourth-order valence-corrected chi connectivity index (χ4v) is 2.00. The van der Waals surface area contributed by atoms with Crippen molar-refractivity contribution in [2.75, 3.05) is 11.9 Å². The third-order valence-electron chi connectivity index (χ3n) is 2.15. The summed E-state index contributed by atoms with van der Waals surface area (Å²) in [4.78, 5) is 0. The van der Waals surface area contributed by atoms with Crippen LogP contribution >= 0.6 is 11.3 Å². The molecule has 0 aliphatic heterocycles. The van der Waals surface area contributed by atoms with Gasteiger partial charge in [-0.2, -0.15) is 0 Å². The number of aromatic nitrogens is 2. The molecule has 0 aliphatic carbocycles. The van der Waals surface area contributed by atoms with Crippen LogP contribution in [-0.2, 0) is 6.61 Å². The van der Waals surface area contributed by atoms with E-state index in [1.807, 2.05) is 0 Å². The Morgan fingerprint density at radius 3 is 3.06 bits per heavy atom. The van der Waals surface area contributed by atoms with Crippen LogP contribution in [0, 0.1) is 5.82 Å². The van der Waals surface area contributed by atoms with Gasteiger partial charge in [-0.05, 0) is 18.6 Å². The average molecular weight is 267 g/mol. The Morgan fingerprint density at radius 2 is 2.28 bits per heavy atom. The van der Waals surface area contributed by atoms with E-state index in [-0.39, 0.29) is 5.82 Å². The summed E-state index contributed by atoms with van der Waals surface area (Å²) in [6, 6.07) is 6.04. The predicted molar refractivity (Wildman–Crippen MR) is 69.4 cm³/mol. The molecule has 2 rings (SSSR count). The maximum absolute atomic E-state index is 12.9. The minimum absolute atomic E-state index is 0.301. The summed E-state index contributed by atoms with van der Waals surface area (Å²) in [5.74, 6) is 0.184. The Balaban J connectivity index is 1.88. The number of ether oxygens (including phenoxy) is 1. The lowest BCUT2D eigenvalue weighted by atomic mass is 10.3. The van der Waals surface area contributed by atoms with Crippen molar-refractivity contribution in [2.45, 2.75) is 20.0 Å². The van der Waals surface area contributed by atoms with Crippen LogP contribution in [0.1, 0.15) is 18.4 Å². The van der Waals surface area contributed by atoms with Crippen LogP contribution in [0.25, 0.3) is 0 Å². The molecular weight excluding hydrogens is 253 g/mol. The first-order chi connectivity index (χ1) is 8.78. The summed E-state index contributed by atoms with van der Waals surface area (Å²) >= 11 is 1.44. The van der Waals surface area contributed by atoms with Crippen LogP contribution in [0.3, 0.4) is 0 Å². The normalized spacial score (nSPS) is 10.3. The molecule has 1 aromatic heterocycles. The third-order valence-corrected chi connectivity index (χ3v) is 3.01. The smallest absolute Gasteiger partial charge is 0.205 e. The van der Waals surface area contributed by atoms with Gasteiger partial charge in [-0.25, -0.2) is 4.39 Å². The van der Waals surface area contributed by atoms with Crippen LogP contribution in [-0.4, -0.2) is 16.7 Å². The number of rotatable bonds is 6. The molecule has 0 saturated carbocycles. The van der Waals surface area contributed by atoms with Crippen molar-refractivity contribution >= 4 is 16.5 Å². The highest BCUT2D eigenvalue weighted by Gasteiger charge is 2.04. The van der Waals surface area contributed by atoms with E-state index in [4.69, 9.17) is 4.74 Å². The third kappa shape index (κ3) is 3.66. The molecule has 0 aliphatic rings. The van der Waals surface area contributed by atoms with Gasteiger partial charge in [-0.3, -0.25) is 0 Å². The van der Waals surface area contributed by atoms with Gasteiger partial charge in [-0.1, -0.05) is 24.3 Å². The molecule has 0 saturated heterocycles. The van der Waals surface area contributed by atoms with Gasteiger partial charge in [-0.15, -0.1) is 10.2 Å². The highest BCUT2D eigenvalue weighted by Crippen LogP contribution is 2.18. The van der Waals surface area contributed by atoms with Crippen molar-refractivity contribution in [1.29, 1.82) is 0 Å². The maximum Gasteiger partial charge on any atom is 0.205 e. The molecule has 0 spiro atoms. The second-order valence-electron chi connectivity index (χ2n) is 3.67. The van der Waals surface area contributed by atoms with E-state index in [0.29, 0.717) is 12.4 Å². The van der Waals surface area contributed by atoms with E-state index >= 15 is 0 Å². The second-order valence-corrected chi connectivity index (χ2v) is 4.74. The highest BCUT2D eigenvalue weighted by molar-refractivity contribution is 7.15. The first-order valence-corrected chi connectivity index (χ1v) is 6.54. The van der Waals surface area contributed by atoms with Gasteiger partial charge in [0.15, 0.2) is 5.01 Å². The molecule has 96 valence electrons. The van der Waals surface area contributed by atoms with Crippen molar-refractivity contribution in [3.63, 3.8) is 0 Å². The number of hydrogen-bond acceptors (Lipinski definition) is 5. The summed E-state index contributed by atoms with van der Waals surface area (Å²) in [5, 5.41) is 12.7. The number of nitrogens with one attached hydrogen (secondary N) is 1. The quantitative estimate of drug-likeness (QED) is 0.873. The Bertz CT molecular complexity index is 504. The molecule has 6 heteroatoms. The summed E-state index contributed by atoms with van der Waals surface area (Å²) in [5.41, 5.74) is 0. The Labute approximate surface area is 109 Å². The van der Waals surface area contributed by atoms with Gasteiger partial charge in [0.25, 0.3) is 0 Å². The van der Waals surface area contributed by atoms with Crippen LogP contribution in [0.2, 0.25) is 0 Å². The molecule has 1 aromatic carbocycles. The lowest BCUT2D eigenvalue weighted by Gasteiger charge is -2.02. The molecule has 0 unspecified atom stereocenters. The zero-order valence-electron chi connectivity index (χ0n) is 10.0. The lowest BCUT2D eigenvalue weighted by Crippen LogP contribution is -1.98. The molecule has 0 fully saturated rings. The molecule has 4 nitrogen and oxygen atoms in total. The largest absolute Gasteiger partial charge is 0.486 e. The van der Waals surface area contributed by atoms with Crippen LogP contribution in [0.15, 0.2) is 24.3 Å². The fraction of sp³-hybridized carbons (Fsp3) is 0.333. The fourth-order valence-electron chi connectivity index (χ4n) is 1.32. The number of hydrogen-bond donors (Lipinski definition) is 1. The average Bonchev–Trinajstić information content (AvgIpc) is 2.82. The summed E-state index contributed by atoms with van der Waals surface area (Å²) in [6.45, 7) is 3.26. The summed E-state index contributed by atoms with van der Waals surface area (Å²) < 4.78 is 18.4. The first kappa shape index (κ1) is 12.8. The van der Waals surface area contributed by atoms with Crippen molar-refractivity contribution in [2.24, 2.45) is 0 Å². The molecule has 0 amide bonds. The van der Waals surface area contributed by atoms with Crippen molar-refractivity contribution in [1.82, 2.24) is 10.2 Å². The summed E-state index contributed by atoms with van der Waals surface area (Å²) in [7, 11) is 0. The molecule has 2 aromatic rings. The van der Waals surface area contributed by atoms with E-state index < -0.39 is 0 Å². The van der Waals surface area contributed by atoms with E-state index in [9.17, 15) is 4.39 Å². The zero-order valence-corrected chi connectivity index (χ0v) is 10.8. The van der Waals surface area contributed by atoms with Crippen molar-refractivity contribution in [3.05, 3.63) is 35.1 Å². The Morgan fingerprint density at radius 1 is 1.39 bits per heavy atom. The Kier molecular flexibility index (Phi) is 4.46. The molecule has 0 atom stereocenters. The number of benzene rings is 1. The molecule has 18 heavy (non-hydrogen) atoms. The monoisotopic (exact) mass is 267 g/mol. The van der Waals surface area contributed by atoms with E-state index in [1.54, 1.807) is 12.1 Å². The van der Waals surface area contributed by atoms with Gasteiger partial charge < -0.3 is 10.1 Å². The van der Waals surface area contributed by atoms with Crippen molar-refractivity contribution < 1.29 is 9.13 Å². The molecule has 0 bridgehead atoms. The number of anilines is 1. The highest BCUT2D eigenvalue weighted by atomic mass is 32.1. The Hall–Kier alpha value is -1.69. The second kappa shape index (κ2) is 6.30. The van der Waals surface area contributed by atoms with Crippen LogP contribution in [0.5, 0.6) is 5.75 Å². The molecule has 1 N–H and O–H groups in total. The van der Waals surface area contributed by atoms with Gasteiger partial charge in [0.2, 0.25) is 5.13 Å².